The summed E-state index contributed by atoms with van der Waals surface area (Å²) in [4.78, 5) is 26.1. The third-order valence-electron chi connectivity index (χ3n) is 4.83. The van der Waals surface area contributed by atoms with Gasteiger partial charge in [-0.1, -0.05) is 18.2 Å². The third kappa shape index (κ3) is 5.23. The highest BCUT2D eigenvalue weighted by Crippen LogP contribution is 2.27. The lowest BCUT2D eigenvalue weighted by molar-refractivity contribution is -0.133. The first-order valence-corrected chi connectivity index (χ1v) is 12.3. The maximum absolute atomic E-state index is 12.4. The fourth-order valence-corrected chi connectivity index (χ4v) is 5.59. The SMILES string of the molecule is CN(Cc1cnn(-c2ccccc2)c1)C(=O)COC(=O)c1sccc1S(=O)(=O)NC1CC1. The van der Waals surface area contributed by atoms with Gasteiger partial charge in [-0.2, -0.15) is 5.10 Å². The van der Waals surface area contributed by atoms with E-state index in [4.69, 9.17) is 4.74 Å². The molecule has 2 aromatic heterocycles. The molecule has 0 atom stereocenters. The zero-order valence-corrected chi connectivity index (χ0v) is 18.9. The molecule has 1 amide bonds. The minimum Gasteiger partial charge on any atom is -0.451 e. The first-order valence-electron chi connectivity index (χ1n) is 9.93. The van der Waals surface area contributed by atoms with Gasteiger partial charge >= 0.3 is 5.97 Å². The fourth-order valence-electron chi connectivity index (χ4n) is 2.97. The molecule has 0 radical (unpaired) electrons. The summed E-state index contributed by atoms with van der Waals surface area (Å²) in [5.74, 6) is -1.25. The van der Waals surface area contributed by atoms with Gasteiger partial charge in [0.1, 0.15) is 9.77 Å². The lowest BCUT2D eigenvalue weighted by Crippen LogP contribution is -2.31. The van der Waals surface area contributed by atoms with Crippen molar-refractivity contribution in [2.24, 2.45) is 0 Å². The smallest absolute Gasteiger partial charge is 0.350 e. The van der Waals surface area contributed by atoms with Crippen molar-refractivity contribution in [2.75, 3.05) is 13.7 Å². The Hall–Kier alpha value is -3.02. The second kappa shape index (κ2) is 9.23. The van der Waals surface area contributed by atoms with Crippen LogP contribution >= 0.6 is 11.3 Å². The zero-order chi connectivity index (χ0) is 22.7. The van der Waals surface area contributed by atoms with Crippen LogP contribution in [0, 0.1) is 0 Å². The van der Waals surface area contributed by atoms with Gasteiger partial charge in [-0.05, 0) is 36.4 Å². The largest absolute Gasteiger partial charge is 0.451 e. The number of benzene rings is 1. The van der Waals surface area contributed by atoms with Crippen molar-refractivity contribution in [3.05, 3.63) is 64.6 Å². The predicted octanol–water partition coefficient (Wildman–Crippen LogP) is 2.19. The van der Waals surface area contributed by atoms with E-state index in [1.165, 1.54) is 16.3 Å². The molecule has 4 rings (SSSR count). The zero-order valence-electron chi connectivity index (χ0n) is 17.3. The number of aromatic nitrogens is 2. The molecule has 0 bridgehead atoms. The van der Waals surface area contributed by atoms with Crippen LogP contribution < -0.4 is 4.72 Å². The number of hydrogen-bond donors (Lipinski definition) is 1. The Balaban J connectivity index is 1.33. The van der Waals surface area contributed by atoms with Gasteiger partial charge in [0.05, 0.1) is 11.9 Å². The molecule has 0 saturated heterocycles. The number of hydrogen-bond acceptors (Lipinski definition) is 7. The van der Waals surface area contributed by atoms with Crippen LogP contribution in [-0.4, -0.2) is 54.7 Å². The van der Waals surface area contributed by atoms with Crippen LogP contribution in [0.3, 0.4) is 0 Å². The number of ether oxygens (including phenoxy) is 1. The molecule has 0 spiro atoms. The highest BCUT2D eigenvalue weighted by molar-refractivity contribution is 7.89. The predicted molar refractivity (Wildman–Crippen MR) is 118 cm³/mol. The number of carbonyl (C=O) groups is 2. The topological polar surface area (TPSA) is 111 Å². The van der Waals surface area contributed by atoms with Crippen molar-refractivity contribution in [1.29, 1.82) is 0 Å². The number of esters is 1. The van der Waals surface area contributed by atoms with Crippen LogP contribution in [-0.2, 0) is 26.1 Å². The molecule has 11 heteroatoms. The van der Waals surface area contributed by atoms with Crippen LogP contribution in [0.2, 0.25) is 0 Å². The van der Waals surface area contributed by atoms with E-state index in [1.54, 1.807) is 17.9 Å². The summed E-state index contributed by atoms with van der Waals surface area (Å²) in [6, 6.07) is 10.9. The van der Waals surface area contributed by atoms with Crippen LogP contribution in [0.25, 0.3) is 5.69 Å². The number of sulfonamides is 1. The summed E-state index contributed by atoms with van der Waals surface area (Å²) in [6.45, 7) is -0.206. The molecule has 1 aliphatic rings. The highest BCUT2D eigenvalue weighted by atomic mass is 32.2. The Morgan fingerprint density at radius 1 is 1.25 bits per heavy atom. The molecule has 1 aliphatic carbocycles. The monoisotopic (exact) mass is 474 g/mol. The molecular weight excluding hydrogens is 452 g/mol. The standard InChI is InChI=1S/C21H22N4O5S2/c1-24(12-15-11-22-25(13-15)17-5-3-2-4-6-17)19(26)14-30-21(27)20-18(9-10-31-20)32(28,29)23-16-7-8-16/h2-6,9-11,13,16,23H,7-8,12,14H2,1H3. The number of carbonyl (C=O) groups excluding carboxylic acids is 2. The van der Waals surface area contributed by atoms with E-state index in [0.717, 1.165) is 35.4 Å². The third-order valence-corrected chi connectivity index (χ3v) is 7.42. The summed E-state index contributed by atoms with van der Waals surface area (Å²) in [7, 11) is -2.20. The fraction of sp³-hybridized carbons (Fsp3) is 0.286. The first-order chi connectivity index (χ1) is 15.3. The van der Waals surface area contributed by atoms with Gasteiger partial charge in [0.15, 0.2) is 6.61 Å². The van der Waals surface area contributed by atoms with E-state index in [0.29, 0.717) is 0 Å². The summed E-state index contributed by atoms with van der Waals surface area (Å²) in [5.41, 5.74) is 1.72. The number of nitrogens with zero attached hydrogens (tertiary/aromatic N) is 3. The quantitative estimate of drug-likeness (QED) is 0.476. The Kier molecular flexibility index (Phi) is 6.40. The van der Waals surface area contributed by atoms with Gasteiger partial charge in [0, 0.05) is 31.4 Å². The molecule has 1 N–H and O–H groups in total. The van der Waals surface area contributed by atoms with Gasteiger partial charge in [0.2, 0.25) is 10.0 Å². The minimum atomic E-state index is -3.79. The molecule has 1 fully saturated rings. The van der Waals surface area contributed by atoms with E-state index in [1.807, 2.05) is 36.5 Å². The number of para-hydroxylation sites is 1. The van der Waals surface area contributed by atoms with Crippen LogP contribution in [0.1, 0.15) is 28.1 Å². The van der Waals surface area contributed by atoms with Crippen molar-refractivity contribution in [2.45, 2.75) is 30.3 Å². The maximum Gasteiger partial charge on any atom is 0.350 e. The normalized spacial score (nSPS) is 13.7. The molecule has 2 heterocycles. The number of thiophene rings is 1. The Bertz CT molecular complexity index is 1220. The number of rotatable bonds is 9. The van der Waals surface area contributed by atoms with Gasteiger partial charge < -0.3 is 9.64 Å². The number of likely N-dealkylation sites (N-methyl/N-ethyl adjacent to an activating group) is 1. The van der Waals surface area contributed by atoms with E-state index in [9.17, 15) is 18.0 Å². The molecular formula is C21H22N4O5S2. The van der Waals surface area contributed by atoms with Gasteiger partial charge in [-0.15, -0.1) is 11.3 Å². The average molecular weight is 475 g/mol. The van der Waals surface area contributed by atoms with E-state index < -0.39 is 28.5 Å². The Labute approximate surface area is 189 Å². The second-order valence-corrected chi connectivity index (χ2v) is 10.1. The lowest BCUT2D eigenvalue weighted by atomic mass is 10.3. The average Bonchev–Trinajstić information content (AvgIpc) is 3.25. The summed E-state index contributed by atoms with van der Waals surface area (Å²) >= 11 is 0.966. The number of amides is 1. The summed E-state index contributed by atoms with van der Waals surface area (Å²) in [5, 5.41) is 5.81. The van der Waals surface area contributed by atoms with E-state index in [2.05, 4.69) is 9.82 Å². The molecule has 32 heavy (non-hydrogen) atoms. The van der Waals surface area contributed by atoms with Crippen molar-refractivity contribution >= 4 is 33.2 Å². The number of nitrogens with one attached hydrogen (secondary N) is 1. The minimum absolute atomic E-state index is 0.0438. The van der Waals surface area contributed by atoms with Gasteiger partial charge in [0.25, 0.3) is 5.91 Å². The molecule has 9 nitrogen and oxygen atoms in total. The van der Waals surface area contributed by atoms with E-state index >= 15 is 0 Å². The summed E-state index contributed by atoms with van der Waals surface area (Å²) in [6.07, 6.45) is 5.06. The maximum atomic E-state index is 12.4. The van der Waals surface area contributed by atoms with Crippen molar-refractivity contribution in [3.63, 3.8) is 0 Å². The van der Waals surface area contributed by atoms with Crippen LogP contribution in [0.4, 0.5) is 0 Å². The first kappa shape index (κ1) is 22.2. The second-order valence-electron chi connectivity index (χ2n) is 7.46. The van der Waals surface area contributed by atoms with Gasteiger partial charge in [-0.3, -0.25) is 4.79 Å². The molecule has 0 unspecified atom stereocenters. The van der Waals surface area contributed by atoms with Crippen molar-refractivity contribution in [1.82, 2.24) is 19.4 Å². The van der Waals surface area contributed by atoms with E-state index in [-0.39, 0.29) is 22.4 Å². The van der Waals surface area contributed by atoms with Crippen LogP contribution in [0.15, 0.2) is 59.1 Å². The molecule has 0 aliphatic heterocycles. The van der Waals surface area contributed by atoms with Gasteiger partial charge in [-0.25, -0.2) is 22.6 Å². The Morgan fingerprint density at radius 3 is 2.72 bits per heavy atom. The van der Waals surface area contributed by atoms with Crippen LogP contribution in [0.5, 0.6) is 0 Å². The molecule has 1 saturated carbocycles. The Morgan fingerprint density at radius 2 is 2.00 bits per heavy atom. The molecule has 3 aromatic rings. The summed E-state index contributed by atoms with van der Waals surface area (Å²) < 4.78 is 34.2. The lowest BCUT2D eigenvalue weighted by Gasteiger charge is -2.16. The molecule has 1 aromatic carbocycles. The molecule has 168 valence electrons. The highest BCUT2D eigenvalue weighted by Gasteiger charge is 2.32. The van der Waals surface area contributed by atoms with Crippen molar-refractivity contribution in [3.8, 4) is 5.69 Å². The van der Waals surface area contributed by atoms with Crippen molar-refractivity contribution < 1.29 is 22.7 Å².